The number of nitrogens with one attached hydrogen (secondary N) is 1. The summed E-state index contributed by atoms with van der Waals surface area (Å²) in [5.74, 6) is 0.730. The summed E-state index contributed by atoms with van der Waals surface area (Å²) < 4.78 is 0. The number of para-hydroxylation sites is 1. The summed E-state index contributed by atoms with van der Waals surface area (Å²) in [6, 6.07) is 12.6. The van der Waals surface area contributed by atoms with Gasteiger partial charge in [0.1, 0.15) is 5.82 Å². The number of pyridine rings is 1. The summed E-state index contributed by atoms with van der Waals surface area (Å²) >= 11 is 6.11. The van der Waals surface area contributed by atoms with E-state index in [2.05, 4.69) is 26.2 Å². The molecule has 1 fully saturated rings. The topological polar surface area (TPSA) is 72.3 Å². The molecule has 0 saturated carbocycles. The maximum Gasteiger partial charge on any atom is 0.241 e. The standard InChI is InChI=1S/C19H20ClN5O/c1-14(19(26)23-17-5-3-2-4-16(17)20)24-8-10-25(11-9-24)18-12-15(13-21)6-7-22-18/h2-7,12,14H,8-11H2,1H3,(H,23,26). The number of nitriles is 1. The molecule has 7 heteroatoms. The minimum Gasteiger partial charge on any atom is -0.354 e. The van der Waals surface area contributed by atoms with E-state index in [1.54, 1.807) is 30.5 Å². The summed E-state index contributed by atoms with van der Waals surface area (Å²) in [6.07, 6.45) is 1.65. The predicted octanol–water partition coefficient (Wildman–Crippen LogP) is 2.76. The van der Waals surface area contributed by atoms with E-state index in [4.69, 9.17) is 16.9 Å². The van der Waals surface area contributed by atoms with Gasteiger partial charge < -0.3 is 10.2 Å². The highest BCUT2D eigenvalue weighted by molar-refractivity contribution is 6.33. The van der Waals surface area contributed by atoms with Crippen LogP contribution in [0.4, 0.5) is 11.5 Å². The third-order valence-corrected chi connectivity index (χ3v) is 4.90. The van der Waals surface area contributed by atoms with Crippen LogP contribution in [-0.4, -0.2) is 48.0 Å². The van der Waals surface area contributed by atoms with Gasteiger partial charge in [-0.25, -0.2) is 4.98 Å². The van der Waals surface area contributed by atoms with Crippen molar-refractivity contribution >= 4 is 29.0 Å². The van der Waals surface area contributed by atoms with Crippen LogP contribution in [0.3, 0.4) is 0 Å². The number of rotatable bonds is 4. The van der Waals surface area contributed by atoms with E-state index in [1.165, 1.54) is 0 Å². The summed E-state index contributed by atoms with van der Waals surface area (Å²) in [5, 5.41) is 12.4. The number of nitrogens with zero attached hydrogens (tertiary/aromatic N) is 4. The number of anilines is 2. The van der Waals surface area contributed by atoms with E-state index in [9.17, 15) is 4.79 Å². The second-order valence-corrected chi connectivity index (χ2v) is 6.59. The Labute approximate surface area is 158 Å². The van der Waals surface area contributed by atoms with E-state index in [0.717, 1.165) is 32.0 Å². The maximum absolute atomic E-state index is 12.5. The van der Waals surface area contributed by atoms with Crippen LogP contribution < -0.4 is 10.2 Å². The summed E-state index contributed by atoms with van der Waals surface area (Å²) in [6.45, 7) is 4.90. The Bertz CT molecular complexity index is 827. The monoisotopic (exact) mass is 369 g/mol. The van der Waals surface area contributed by atoms with Gasteiger partial charge in [0.15, 0.2) is 0 Å². The van der Waals surface area contributed by atoms with Gasteiger partial charge in [-0.3, -0.25) is 9.69 Å². The van der Waals surface area contributed by atoms with E-state index < -0.39 is 0 Å². The first kappa shape index (κ1) is 18.2. The van der Waals surface area contributed by atoms with E-state index >= 15 is 0 Å². The van der Waals surface area contributed by atoms with Crippen LogP contribution in [0.15, 0.2) is 42.6 Å². The molecule has 0 radical (unpaired) electrons. The minimum absolute atomic E-state index is 0.0730. The van der Waals surface area contributed by atoms with Gasteiger partial charge in [-0.15, -0.1) is 0 Å². The smallest absolute Gasteiger partial charge is 0.241 e. The van der Waals surface area contributed by atoms with Gasteiger partial charge in [-0.2, -0.15) is 5.26 Å². The molecule has 1 atom stereocenters. The number of hydrogen-bond donors (Lipinski definition) is 1. The number of piperazine rings is 1. The van der Waals surface area contributed by atoms with Gasteiger partial charge in [-0.1, -0.05) is 23.7 Å². The largest absolute Gasteiger partial charge is 0.354 e. The van der Waals surface area contributed by atoms with Gasteiger partial charge in [0.2, 0.25) is 5.91 Å². The van der Waals surface area contributed by atoms with Crippen molar-refractivity contribution in [2.45, 2.75) is 13.0 Å². The summed E-state index contributed by atoms with van der Waals surface area (Å²) in [4.78, 5) is 21.1. The van der Waals surface area contributed by atoms with E-state index in [0.29, 0.717) is 16.3 Å². The predicted molar refractivity (Wildman–Crippen MR) is 102 cm³/mol. The lowest BCUT2D eigenvalue weighted by molar-refractivity contribution is -0.120. The molecule has 1 aliphatic rings. The Kier molecular flexibility index (Phi) is 5.71. The highest BCUT2D eigenvalue weighted by Crippen LogP contribution is 2.21. The fourth-order valence-corrected chi connectivity index (χ4v) is 3.15. The van der Waals surface area contributed by atoms with Crippen LogP contribution >= 0.6 is 11.6 Å². The van der Waals surface area contributed by atoms with Crippen LogP contribution in [0.25, 0.3) is 0 Å². The van der Waals surface area contributed by atoms with Crippen LogP contribution in [0.5, 0.6) is 0 Å². The van der Waals surface area contributed by atoms with Gasteiger partial charge in [-0.05, 0) is 31.2 Å². The molecule has 6 nitrogen and oxygen atoms in total. The molecule has 1 unspecified atom stereocenters. The molecular formula is C19H20ClN5O. The molecule has 134 valence electrons. The molecule has 3 rings (SSSR count). The number of aromatic nitrogens is 1. The average Bonchev–Trinajstić information content (AvgIpc) is 2.69. The van der Waals surface area contributed by atoms with Crippen molar-refractivity contribution in [1.82, 2.24) is 9.88 Å². The number of benzene rings is 1. The first-order valence-corrected chi connectivity index (χ1v) is 8.87. The highest BCUT2D eigenvalue weighted by Gasteiger charge is 2.26. The second-order valence-electron chi connectivity index (χ2n) is 6.18. The van der Waals surface area contributed by atoms with Crippen LogP contribution in [0.1, 0.15) is 12.5 Å². The van der Waals surface area contributed by atoms with E-state index in [-0.39, 0.29) is 11.9 Å². The van der Waals surface area contributed by atoms with Crippen molar-refractivity contribution in [2.75, 3.05) is 36.4 Å². The number of carbonyl (C=O) groups is 1. The molecule has 2 aromatic rings. The molecule has 1 aromatic carbocycles. The Hall–Kier alpha value is -2.62. The van der Waals surface area contributed by atoms with Crippen molar-refractivity contribution in [3.63, 3.8) is 0 Å². The van der Waals surface area contributed by atoms with Crippen LogP contribution in [0.2, 0.25) is 5.02 Å². The average molecular weight is 370 g/mol. The van der Waals surface area contributed by atoms with Gasteiger partial charge in [0, 0.05) is 32.4 Å². The highest BCUT2D eigenvalue weighted by atomic mass is 35.5. The zero-order valence-electron chi connectivity index (χ0n) is 14.5. The lowest BCUT2D eigenvalue weighted by atomic mass is 10.2. The molecule has 1 amide bonds. The molecule has 1 saturated heterocycles. The van der Waals surface area contributed by atoms with Gasteiger partial charge in [0.05, 0.1) is 28.4 Å². The third-order valence-electron chi connectivity index (χ3n) is 4.57. The molecule has 0 aliphatic carbocycles. The van der Waals surface area contributed by atoms with E-state index in [1.807, 2.05) is 19.1 Å². The molecule has 2 heterocycles. The zero-order chi connectivity index (χ0) is 18.5. The first-order chi connectivity index (χ1) is 12.6. The Morgan fingerprint density at radius 3 is 2.69 bits per heavy atom. The number of amides is 1. The van der Waals surface area contributed by atoms with Crippen LogP contribution in [0, 0.1) is 11.3 Å². The zero-order valence-corrected chi connectivity index (χ0v) is 15.3. The quantitative estimate of drug-likeness (QED) is 0.897. The van der Waals surface area contributed by atoms with Crippen molar-refractivity contribution in [1.29, 1.82) is 5.26 Å². The molecule has 1 aromatic heterocycles. The van der Waals surface area contributed by atoms with Crippen molar-refractivity contribution in [3.8, 4) is 6.07 Å². The number of halogens is 1. The third kappa shape index (κ3) is 4.13. The summed E-state index contributed by atoms with van der Waals surface area (Å²) in [7, 11) is 0. The van der Waals surface area contributed by atoms with Crippen molar-refractivity contribution in [3.05, 3.63) is 53.2 Å². The lowest BCUT2D eigenvalue weighted by Gasteiger charge is -2.38. The van der Waals surface area contributed by atoms with Crippen molar-refractivity contribution in [2.24, 2.45) is 0 Å². The fraction of sp³-hybridized carbons (Fsp3) is 0.316. The Balaban J connectivity index is 1.58. The normalized spacial score (nSPS) is 16.0. The molecule has 1 N–H and O–H groups in total. The second kappa shape index (κ2) is 8.17. The van der Waals surface area contributed by atoms with Gasteiger partial charge in [0.25, 0.3) is 0 Å². The molecular weight excluding hydrogens is 350 g/mol. The first-order valence-electron chi connectivity index (χ1n) is 8.49. The Morgan fingerprint density at radius 1 is 1.27 bits per heavy atom. The van der Waals surface area contributed by atoms with Crippen molar-refractivity contribution < 1.29 is 4.79 Å². The SMILES string of the molecule is CC(C(=O)Nc1ccccc1Cl)N1CCN(c2cc(C#N)ccn2)CC1. The van der Waals surface area contributed by atoms with Crippen LogP contribution in [-0.2, 0) is 4.79 Å². The fourth-order valence-electron chi connectivity index (χ4n) is 2.96. The lowest BCUT2D eigenvalue weighted by Crippen LogP contribution is -2.53. The Morgan fingerprint density at radius 2 is 2.00 bits per heavy atom. The molecule has 0 bridgehead atoms. The molecule has 0 spiro atoms. The number of hydrogen-bond acceptors (Lipinski definition) is 5. The summed E-state index contributed by atoms with van der Waals surface area (Å²) in [5.41, 5.74) is 1.23. The van der Waals surface area contributed by atoms with Gasteiger partial charge >= 0.3 is 0 Å². The maximum atomic E-state index is 12.5. The minimum atomic E-state index is -0.258. The molecule has 26 heavy (non-hydrogen) atoms. The number of carbonyl (C=O) groups excluding carboxylic acids is 1. The molecule has 1 aliphatic heterocycles.